The van der Waals surface area contributed by atoms with E-state index >= 15 is 0 Å². The molecule has 0 radical (unpaired) electrons. The molecule has 1 aromatic rings. The molecule has 0 aliphatic heterocycles. The quantitative estimate of drug-likeness (QED) is 0.549. The van der Waals surface area contributed by atoms with Crippen LogP contribution < -0.4 is 21.2 Å². The molecular formula is C8H12N4O3S. The van der Waals surface area contributed by atoms with E-state index < -0.39 is 18.0 Å². The van der Waals surface area contributed by atoms with Crippen LogP contribution >= 0.6 is 11.3 Å². The van der Waals surface area contributed by atoms with Crippen LogP contribution in [-0.2, 0) is 11.3 Å². The van der Waals surface area contributed by atoms with Crippen LogP contribution in [0.1, 0.15) is 12.6 Å². The van der Waals surface area contributed by atoms with Crippen LogP contribution in [0.15, 0.2) is 10.2 Å². The summed E-state index contributed by atoms with van der Waals surface area (Å²) in [6.07, 6.45) is 0. The number of rotatable bonds is 4. The summed E-state index contributed by atoms with van der Waals surface area (Å²) in [7, 11) is 0. The van der Waals surface area contributed by atoms with Gasteiger partial charge >= 0.3 is 10.9 Å². The zero-order valence-corrected chi connectivity index (χ0v) is 9.39. The fraction of sp³-hybridized carbons (Fsp3) is 0.375. The molecule has 0 spiro atoms. The molecule has 88 valence electrons. The second-order valence-electron chi connectivity index (χ2n) is 3.13. The second-order valence-corrected chi connectivity index (χ2v) is 3.97. The molecule has 0 fully saturated rings. The molecular weight excluding hydrogens is 232 g/mol. The molecule has 1 heterocycles. The number of thiazole rings is 1. The number of urea groups is 1. The van der Waals surface area contributed by atoms with Crippen LogP contribution in [0.3, 0.4) is 0 Å². The van der Waals surface area contributed by atoms with E-state index in [1.54, 1.807) is 12.3 Å². The Balaban J connectivity index is 2.40. The standard InChI is InChI=1S/C8H12N4O3S/c1-4(6(13)12-7(9)14)10-2-5-3-16-8(15)11-5/h3-4,10H,2H2,1H3,(H,11,15)(H3,9,12,13,14). The maximum Gasteiger partial charge on any atom is 0.318 e. The molecule has 0 aliphatic carbocycles. The summed E-state index contributed by atoms with van der Waals surface area (Å²) in [5.74, 6) is -0.509. The molecule has 0 bridgehead atoms. The average Bonchev–Trinajstić information content (AvgIpc) is 2.59. The number of imide groups is 1. The van der Waals surface area contributed by atoms with Gasteiger partial charge in [-0.25, -0.2) is 4.79 Å². The van der Waals surface area contributed by atoms with Crippen LogP contribution in [0, 0.1) is 0 Å². The zero-order chi connectivity index (χ0) is 12.1. The first kappa shape index (κ1) is 12.4. The first-order chi connectivity index (χ1) is 7.49. The minimum absolute atomic E-state index is 0.147. The lowest BCUT2D eigenvalue weighted by atomic mass is 10.3. The Labute approximate surface area is 95.0 Å². The van der Waals surface area contributed by atoms with Gasteiger partial charge in [-0.05, 0) is 6.92 Å². The number of carbonyl (C=O) groups excluding carboxylic acids is 2. The topological polar surface area (TPSA) is 117 Å². The van der Waals surface area contributed by atoms with Gasteiger partial charge in [0, 0.05) is 17.6 Å². The van der Waals surface area contributed by atoms with Crippen molar-refractivity contribution in [2.45, 2.75) is 19.5 Å². The summed E-state index contributed by atoms with van der Waals surface area (Å²) >= 11 is 1.05. The summed E-state index contributed by atoms with van der Waals surface area (Å²) in [5, 5.41) is 6.45. The van der Waals surface area contributed by atoms with E-state index in [2.05, 4.69) is 10.3 Å². The van der Waals surface area contributed by atoms with Gasteiger partial charge in [0.05, 0.1) is 6.04 Å². The zero-order valence-electron chi connectivity index (χ0n) is 8.57. The Morgan fingerprint density at radius 1 is 1.62 bits per heavy atom. The van der Waals surface area contributed by atoms with Crippen molar-refractivity contribution in [3.8, 4) is 0 Å². The highest BCUT2D eigenvalue weighted by Crippen LogP contribution is 1.95. The van der Waals surface area contributed by atoms with Crippen molar-refractivity contribution in [2.75, 3.05) is 0 Å². The molecule has 0 aromatic carbocycles. The maximum absolute atomic E-state index is 11.2. The van der Waals surface area contributed by atoms with Crippen molar-refractivity contribution >= 4 is 23.3 Å². The highest BCUT2D eigenvalue weighted by atomic mass is 32.1. The van der Waals surface area contributed by atoms with Gasteiger partial charge in [-0.2, -0.15) is 0 Å². The number of hydrogen-bond donors (Lipinski definition) is 4. The van der Waals surface area contributed by atoms with Crippen molar-refractivity contribution in [1.29, 1.82) is 0 Å². The molecule has 0 aliphatic rings. The normalized spacial score (nSPS) is 12.1. The summed E-state index contributed by atoms with van der Waals surface area (Å²) in [6.45, 7) is 1.93. The number of amides is 3. The number of carbonyl (C=O) groups is 2. The minimum atomic E-state index is -0.886. The number of nitrogens with two attached hydrogens (primary N) is 1. The number of primary amides is 1. The van der Waals surface area contributed by atoms with Gasteiger partial charge in [0.1, 0.15) is 0 Å². The van der Waals surface area contributed by atoms with E-state index in [0.717, 1.165) is 11.3 Å². The third-order valence-corrected chi connectivity index (χ3v) is 2.53. The summed E-state index contributed by atoms with van der Waals surface area (Å²) in [6, 6.07) is -1.46. The number of aromatic nitrogens is 1. The largest absolute Gasteiger partial charge is 0.351 e. The van der Waals surface area contributed by atoms with Crippen LogP contribution in [0.5, 0.6) is 0 Å². The van der Waals surface area contributed by atoms with E-state index in [0.29, 0.717) is 12.2 Å². The first-order valence-corrected chi connectivity index (χ1v) is 5.37. The second kappa shape index (κ2) is 5.42. The monoisotopic (exact) mass is 244 g/mol. The predicted octanol–water partition coefficient (Wildman–Crippen LogP) is -0.891. The van der Waals surface area contributed by atoms with Gasteiger partial charge in [-0.1, -0.05) is 11.3 Å². The number of H-pyrrole nitrogens is 1. The van der Waals surface area contributed by atoms with E-state index in [9.17, 15) is 14.4 Å². The lowest BCUT2D eigenvalue weighted by Gasteiger charge is -2.11. The van der Waals surface area contributed by atoms with Crippen molar-refractivity contribution in [3.05, 3.63) is 20.7 Å². The summed E-state index contributed by atoms with van der Waals surface area (Å²) < 4.78 is 0. The van der Waals surface area contributed by atoms with Crippen LogP contribution in [0.4, 0.5) is 4.79 Å². The molecule has 16 heavy (non-hydrogen) atoms. The number of nitrogens with one attached hydrogen (secondary N) is 3. The Kier molecular flexibility index (Phi) is 4.20. The molecule has 3 amide bonds. The Hall–Kier alpha value is -1.67. The predicted molar refractivity (Wildman–Crippen MR) is 59.0 cm³/mol. The Morgan fingerprint density at radius 2 is 2.31 bits per heavy atom. The van der Waals surface area contributed by atoms with E-state index in [1.807, 2.05) is 5.32 Å². The van der Waals surface area contributed by atoms with Gasteiger partial charge in [-0.15, -0.1) is 0 Å². The van der Waals surface area contributed by atoms with Crippen LogP contribution in [-0.4, -0.2) is 23.0 Å². The Bertz CT molecular complexity index is 438. The fourth-order valence-corrected chi connectivity index (χ4v) is 1.57. The van der Waals surface area contributed by atoms with Gasteiger partial charge in [0.15, 0.2) is 0 Å². The fourth-order valence-electron chi connectivity index (χ4n) is 0.986. The highest BCUT2D eigenvalue weighted by Gasteiger charge is 2.13. The molecule has 1 aromatic heterocycles. The molecule has 5 N–H and O–H groups in total. The summed E-state index contributed by atoms with van der Waals surface area (Å²) in [4.78, 5) is 34.9. The average molecular weight is 244 g/mol. The molecule has 1 unspecified atom stereocenters. The van der Waals surface area contributed by atoms with Gasteiger partial charge < -0.3 is 16.0 Å². The maximum atomic E-state index is 11.2. The minimum Gasteiger partial charge on any atom is -0.351 e. The van der Waals surface area contributed by atoms with Crippen molar-refractivity contribution in [3.63, 3.8) is 0 Å². The van der Waals surface area contributed by atoms with Gasteiger partial charge in [0.2, 0.25) is 5.91 Å². The van der Waals surface area contributed by atoms with Crippen molar-refractivity contribution < 1.29 is 9.59 Å². The van der Waals surface area contributed by atoms with Crippen molar-refractivity contribution in [1.82, 2.24) is 15.6 Å². The van der Waals surface area contributed by atoms with Gasteiger partial charge in [-0.3, -0.25) is 14.9 Å². The number of aromatic amines is 1. The molecule has 1 atom stereocenters. The van der Waals surface area contributed by atoms with Crippen LogP contribution in [0.2, 0.25) is 0 Å². The first-order valence-electron chi connectivity index (χ1n) is 4.49. The lowest BCUT2D eigenvalue weighted by Crippen LogP contribution is -2.46. The molecule has 0 saturated heterocycles. The SMILES string of the molecule is CC(NCc1csc(=O)[nH]1)C(=O)NC(N)=O. The molecule has 8 heteroatoms. The Morgan fingerprint density at radius 3 is 2.81 bits per heavy atom. The third-order valence-electron chi connectivity index (χ3n) is 1.81. The smallest absolute Gasteiger partial charge is 0.318 e. The van der Waals surface area contributed by atoms with E-state index in [-0.39, 0.29) is 4.87 Å². The van der Waals surface area contributed by atoms with Crippen LogP contribution in [0.25, 0.3) is 0 Å². The highest BCUT2D eigenvalue weighted by molar-refractivity contribution is 7.07. The molecule has 0 saturated carbocycles. The molecule has 7 nitrogen and oxygen atoms in total. The third kappa shape index (κ3) is 3.83. The lowest BCUT2D eigenvalue weighted by molar-refractivity contribution is -0.121. The van der Waals surface area contributed by atoms with Crippen molar-refractivity contribution in [2.24, 2.45) is 5.73 Å². The number of hydrogen-bond acceptors (Lipinski definition) is 5. The van der Waals surface area contributed by atoms with E-state index in [1.165, 1.54) is 0 Å². The summed E-state index contributed by atoms with van der Waals surface area (Å²) in [5.41, 5.74) is 5.49. The molecule has 1 rings (SSSR count). The van der Waals surface area contributed by atoms with E-state index in [4.69, 9.17) is 5.73 Å². The van der Waals surface area contributed by atoms with Gasteiger partial charge in [0.25, 0.3) is 0 Å².